The van der Waals surface area contributed by atoms with Crippen molar-refractivity contribution in [1.82, 2.24) is 10.5 Å². The minimum atomic E-state index is -5.77. The fourth-order valence-electron chi connectivity index (χ4n) is 0.919. The van der Waals surface area contributed by atoms with E-state index in [0.717, 1.165) is 0 Å². The first-order valence-corrected chi connectivity index (χ1v) is 4.95. The zero-order valence-corrected chi connectivity index (χ0v) is 9.28. The molecule has 0 spiro atoms. The molecule has 0 saturated heterocycles. The van der Waals surface area contributed by atoms with Gasteiger partial charge in [0.05, 0.1) is 6.54 Å². The summed E-state index contributed by atoms with van der Waals surface area (Å²) >= 11 is 5.13. The van der Waals surface area contributed by atoms with Crippen LogP contribution in [0.5, 0.6) is 0 Å². The molecule has 0 aliphatic heterocycles. The Morgan fingerprint density at radius 1 is 1.39 bits per heavy atom. The molecule has 1 rings (SSSR count). The van der Waals surface area contributed by atoms with Gasteiger partial charge in [-0.15, -0.1) is 11.6 Å². The van der Waals surface area contributed by atoms with E-state index < -0.39 is 23.8 Å². The van der Waals surface area contributed by atoms with Crippen LogP contribution < -0.4 is 5.32 Å². The highest BCUT2D eigenvalue weighted by atomic mass is 35.5. The van der Waals surface area contributed by atoms with E-state index in [-0.39, 0.29) is 18.1 Å². The summed E-state index contributed by atoms with van der Waals surface area (Å²) in [4.78, 5) is 10.7. The van der Waals surface area contributed by atoms with Crippen molar-refractivity contribution in [2.45, 2.75) is 18.6 Å². The van der Waals surface area contributed by atoms with Crippen molar-refractivity contribution in [3.63, 3.8) is 0 Å². The van der Waals surface area contributed by atoms with E-state index in [4.69, 9.17) is 11.6 Å². The normalized spacial score (nSPS) is 12.6. The number of hydrogen-bond donors (Lipinski definition) is 1. The summed E-state index contributed by atoms with van der Waals surface area (Å²) in [6.07, 6.45) is -5.77. The van der Waals surface area contributed by atoms with E-state index in [2.05, 4.69) is 15.0 Å². The summed E-state index contributed by atoms with van der Waals surface area (Å²) in [6.45, 7) is -0.358. The Morgan fingerprint density at radius 2 is 2.00 bits per heavy atom. The van der Waals surface area contributed by atoms with Crippen molar-refractivity contribution in [1.29, 1.82) is 0 Å². The fourth-order valence-corrected chi connectivity index (χ4v) is 1.01. The van der Waals surface area contributed by atoms with Crippen LogP contribution in [0.1, 0.15) is 11.5 Å². The topological polar surface area (TPSA) is 55.1 Å². The quantitative estimate of drug-likeness (QED) is 0.683. The van der Waals surface area contributed by atoms with Gasteiger partial charge in [-0.2, -0.15) is 22.0 Å². The second kappa shape index (κ2) is 5.09. The molecule has 0 fully saturated rings. The molecule has 102 valence electrons. The first kappa shape index (κ1) is 14.7. The number of hydrogen-bond acceptors (Lipinski definition) is 3. The van der Waals surface area contributed by atoms with E-state index in [9.17, 15) is 26.7 Å². The zero-order chi connectivity index (χ0) is 14.0. The lowest BCUT2D eigenvalue weighted by Gasteiger charge is -2.15. The van der Waals surface area contributed by atoms with Gasteiger partial charge in [0, 0.05) is 6.07 Å². The number of nitrogens with one attached hydrogen (secondary N) is 1. The highest BCUT2D eigenvalue weighted by molar-refractivity contribution is 6.27. The van der Waals surface area contributed by atoms with E-state index in [1.54, 1.807) is 0 Å². The fraction of sp³-hybridized carbons (Fsp3) is 0.500. The molecule has 0 saturated carbocycles. The van der Waals surface area contributed by atoms with E-state index >= 15 is 0 Å². The van der Waals surface area contributed by atoms with Crippen molar-refractivity contribution in [2.75, 3.05) is 5.88 Å². The lowest BCUT2D eigenvalue weighted by Crippen LogP contribution is -2.33. The van der Waals surface area contributed by atoms with Crippen LogP contribution in [0, 0.1) is 0 Å². The van der Waals surface area contributed by atoms with Gasteiger partial charge in [0.1, 0.15) is 11.6 Å². The van der Waals surface area contributed by atoms with Crippen molar-refractivity contribution >= 4 is 17.5 Å². The molecule has 1 aromatic heterocycles. The minimum absolute atomic E-state index is 0.271. The third-order valence-corrected chi connectivity index (χ3v) is 2.06. The molecule has 10 heteroatoms. The summed E-state index contributed by atoms with van der Waals surface area (Å²) in [5.41, 5.74) is -0.271. The number of carbonyl (C=O) groups is 1. The molecular formula is C8H6ClF5N2O2. The maximum atomic E-state index is 12.8. The van der Waals surface area contributed by atoms with E-state index in [1.807, 2.05) is 0 Å². The Hall–Kier alpha value is -1.38. The first-order valence-electron chi connectivity index (χ1n) is 4.41. The van der Waals surface area contributed by atoms with Gasteiger partial charge in [0.25, 0.3) is 0 Å². The largest absolute Gasteiger partial charge is 0.461 e. The van der Waals surface area contributed by atoms with Crippen molar-refractivity contribution in [3.05, 3.63) is 17.5 Å². The summed E-state index contributed by atoms with van der Waals surface area (Å²) in [6, 6.07) is 0.419. The van der Waals surface area contributed by atoms with Crippen LogP contribution >= 0.6 is 11.6 Å². The van der Waals surface area contributed by atoms with Gasteiger partial charge in [-0.05, 0) is 0 Å². The average molecular weight is 293 g/mol. The molecule has 1 amide bonds. The van der Waals surface area contributed by atoms with Crippen LogP contribution in [-0.4, -0.2) is 23.1 Å². The maximum Gasteiger partial charge on any atom is 0.461 e. The van der Waals surface area contributed by atoms with Crippen LogP contribution in [0.4, 0.5) is 22.0 Å². The molecule has 0 radical (unpaired) electrons. The third-order valence-electron chi connectivity index (χ3n) is 1.81. The van der Waals surface area contributed by atoms with Crippen molar-refractivity contribution < 1.29 is 31.3 Å². The molecule has 0 aliphatic rings. The Morgan fingerprint density at radius 3 is 2.50 bits per heavy atom. The number of rotatable bonds is 4. The number of carbonyl (C=O) groups excluding carboxylic acids is 1. The number of halogens is 6. The van der Waals surface area contributed by atoms with Gasteiger partial charge >= 0.3 is 12.1 Å². The van der Waals surface area contributed by atoms with Crippen molar-refractivity contribution in [2.24, 2.45) is 0 Å². The number of alkyl halides is 6. The second-order valence-electron chi connectivity index (χ2n) is 3.17. The smallest absolute Gasteiger partial charge is 0.354 e. The lowest BCUT2D eigenvalue weighted by atomic mass is 10.2. The maximum absolute atomic E-state index is 12.8. The van der Waals surface area contributed by atoms with E-state index in [1.165, 1.54) is 0 Å². The van der Waals surface area contributed by atoms with Crippen LogP contribution in [0.2, 0.25) is 0 Å². The summed E-state index contributed by atoms with van der Waals surface area (Å²) in [5.74, 6) is -7.76. The molecule has 4 nitrogen and oxygen atoms in total. The van der Waals surface area contributed by atoms with Gasteiger partial charge in [0.2, 0.25) is 11.7 Å². The predicted molar refractivity (Wildman–Crippen MR) is 49.0 cm³/mol. The van der Waals surface area contributed by atoms with Gasteiger partial charge < -0.3 is 9.84 Å². The highest BCUT2D eigenvalue weighted by Crippen LogP contribution is 2.43. The molecule has 1 aromatic rings. The van der Waals surface area contributed by atoms with Gasteiger partial charge in [-0.1, -0.05) is 5.16 Å². The second-order valence-corrected chi connectivity index (χ2v) is 3.43. The molecule has 0 bridgehead atoms. The van der Waals surface area contributed by atoms with Crippen LogP contribution in [0.15, 0.2) is 10.6 Å². The van der Waals surface area contributed by atoms with Gasteiger partial charge in [-0.3, -0.25) is 4.79 Å². The average Bonchev–Trinajstić information content (AvgIpc) is 2.73. The molecule has 1 heterocycles. The Balaban J connectivity index is 2.78. The molecule has 1 N–H and O–H groups in total. The van der Waals surface area contributed by atoms with E-state index in [0.29, 0.717) is 6.07 Å². The zero-order valence-electron chi connectivity index (χ0n) is 8.52. The van der Waals surface area contributed by atoms with Crippen molar-refractivity contribution in [3.8, 4) is 0 Å². The lowest BCUT2D eigenvalue weighted by molar-refractivity contribution is -0.296. The van der Waals surface area contributed by atoms with Crippen LogP contribution in [0.3, 0.4) is 0 Å². The summed E-state index contributed by atoms with van der Waals surface area (Å²) in [7, 11) is 0. The van der Waals surface area contributed by atoms with Crippen LogP contribution in [0.25, 0.3) is 0 Å². The third kappa shape index (κ3) is 3.09. The summed E-state index contributed by atoms with van der Waals surface area (Å²) in [5, 5.41) is 5.12. The molecular weight excluding hydrogens is 287 g/mol. The Bertz CT molecular complexity index is 431. The van der Waals surface area contributed by atoms with Gasteiger partial charge in [0.15, 0.2) is 0 Å². The standard InChI is InChI=1S/C8H6ClF5N2O2/c9-2-6(17)15-3-4-1-5(18-16-4)7(10,11)8(12,13)14/h1H,2-3H2,(H,15,17). The minimum Gasteiger partial charge on any atom is -0.354 e. The van der Waals surface area contributed by atoms with Gasteiger partial charge in [-0.25, -0.2) is 0 Å². The first-order chi connectivity index (χ1) is 8.18. The SMILES string of the molecule is O=C(CCl)NCc1cc(C(F)(F)C(F)(F)F)on1. The molecule has 0 atom stereocenters. The molecule has 0 unspecified atom stereocenters. The monoisotopic (exact) mass is 292 g/mol. The predicted octanol–water partition coefficient (Wildman–Crippen LogP) is 2.18. The van der Waals surface area contributed by atoms with Crippen LogP contribution in [-0.2, 0) is 17.3 Å². The number of aromatic nitrogens is 1. The number of amides is 1. The Kier molecular flexibility index (Phi) is 4.15. The molecule has 0 aromatic carbocycles. The molecule has 18 heavy (non-hydrogen) atoms. The molecule has 0 aliphatic carbocycles. The number of nitrogens with zero attached hydrogens (tertiary/aromatic N) is 1. The highest BCUT2D eigenvalue weighted by Gasteiger charge is 2.61. The summed E-state index contributed by atoms with van der Waals surface area (Å²) < 4.78 is 65.4. The Labute approximate surface area is 102 Å².